The Bertz CT molecular complexity index is 296. The summed E-state index contributed by atoms with van der Waals surface area (Å²) in [5.74, 6) is 0.833. The molecule has 0 saturated heterocycles. The average Bonchev–Trinajstić information content (AvgIpc) is 2.12. The van der Waals surface area contributed by atoms with Crippen molar-refractivity contribution in [3.8, 4) is 0 Å². The van der Waals surface area contributed by atoms with Gasteiger partial charge >= 0.3 is 0 Å². The largest absolute Gasteiger partial charge is 0.295 e. The lowest BCUT2D eigenvalue weighted by atomic mass is 9.60. The summed E-state index contributed by atoms with van der Waals surface area (Å²) in [7, 11) is 0. The van der Waals surface area contributed by atoms with Crippen molar-refractivity contribution in [1.82, 2.24) is 0 Å². The van der Waals surface area contributed by atoms with E-state index in [9.17, 15) is 4.79 Å². The number of rotatable bonds is 2. The Kier molecular flexibility index (Phi) is 3.54. The zero-order valence-electron chi connectivity index (χ0n) is 10.3. The van der Waals surface area contributed by atoms with Gasteiger partial charge in [0, 0.05) is 5.92 Å². The Morgan fingerprint density at radius 2 is 2.13 bits per heavy atom. The summed E-state index contributed by atoms with van der Waals surface area (Å²) < 4.78 is 0. The molecule has 1 heteroatoms. The van der Waals surface area contributed by atoms with Crippen LogP contribution in [0.15, 0.2) is 24.3 Å². The van der Waals surface area contributed by atoms with Crippen molar-refractivity contribution in [1.29, 1.82) is 0 Å². The highest BCUT2D eigenvalue weighted by Gasteiger charge is 2.42. The zero-order valence-corrected chi connectivity index (χ0v) is 10.3. The summed E-state index contributed by atoms with van der Waals surface area (Å²) in [5, 5.41) is 0. The Hall–Kier alpha value is -0.850. The first kappa shape index (κ1) is 12.2. The van der Waals surface area contributed by atoms with Gasteiger partial charge in [0.2, 0.25) is 0 Å². The van der Waals surface area contributed by atoms with Crippen LogP contribution >= 0.6 is 0 Å². The van der Waals surface area contributed by atoms with E-state index in [1.54, 1.807) is 6.08 Å². The fourth-order valence-corrected chi connectivity index (χ4v) is 2.73. The molecule has 0 N–H and O–H groups in total. The average molecular weight is 206 g/mol. The van der Waals surface area contributed by atoms with Crippen molar-refractivity contribution in [2.24, 2.45) is 17.3 Å². The van der Waals surface area contributed by atoms with Crippen LogP contribution in [-0.2, 0) is 4.79 Å². The fraction of sp³-hybridized carbons (Fsp3) is 0.643. The number of allylic oxidation sites excluding steroid dienone is 3. The summed E-state index contributed by atoms with van der Waals surface area (Å²) in [4.78, 5) is 12.0. The van der Waals surface area contributed by atoms with Crippen molar-refractivity contribution < 1.29 is 4.79 Å². The summed E-state index contributed by atoms with van der Waals surface area (Å²) in [5.41, 5.74) is 1.18. The minimum atomic E-state index is -0.0474. The molecule has 0 aromatic carbocycles. The Balaban J connectivity index is 3.00. The van der Waals surface area contributed by atoms with Crippen molar-refractivity contribution in [3.63, 3.8) is 0 Å². The van der Waals surface area contributed by atoms with E-state index in [-0.39, 0.29) is 17.1 Å². The van der Waals surface area contributed by atoms with Gasteiger partial charge in [-0.25, -0.2) is 0 Å². The molecule has 0 amide bonds. The topological polar surface area (TPSA) is 17.1 Å². The second kappa shape index (κ2) is 4.34. The summed E-state index contributed by atoms with van der Waals surface area (Å²) in [6.45, 7) is 12.5. The maximum Gasteiger partial charge on any atom is 0.159 e. The van der Waals surface area contributed by atoms with E-state index in [4.69, 9.17) is 0 Å². The van der Waals surface area contributed by atoms with Gasteiger partial charge in [0.25, 0.3) is 0 Å². The molecule has 0 aliphatic heterocycles. The quantitative estimate of drug-likeness (QED) is 0.496. The molecule has 1 aliphatic carbocycles. The molecule has 0 heterocycles. The molecule has 15 heavy (non-hydrogen) atoms. The van der Waals surface area contributed by atoms with E-state index >= 15 is 0 Å². The maximum absolute atomic E-state index is 12.0. The monoisotopic (exact) mass is 206 g/mol. The van der Waals surface area contributed by atoms with E-state index < -0.39 is 0 Å². The van der Waals surface area contributed by atoms with Crippen molar-refractivity contribution >= 4 is 5.78 Å². The van der Waals surface area contributed by atoms with Gasteiger partial charge < -0.3 is 0 Å². The van der Waals surface area contributed by atoms with Gasteiger partial charge in [-0.1, -0.05) is 39.0 Å². The van der Waals surface area contributed by atoms with Crippen LogP contribution in [0.1, 0.15) is 40.5 Å². The van der Waals surface area contributed by atoms with Gasteiger partial charge in [0.15, 0.2) is 5.78 Å². The van der Waals surface area contributed by atoms with Crippen molar-refractivity contribution in [2.45, 2.75) is 40.5 Å². The molecule has 2 atom stereocenters. The predicted octanol–water partition coefficient (Wildman–Crippen LogP) is 3.76. The number of ketones is 1. The first-order chi connectivity index (χ1) is 6.91. The van der Waals surface area contributed by atoms with Crippen LogP contribution < -0.4 is 0 Å². The Labute approximate surface area is 93.3 Å². The summed E-state index contributed by atoms with van der Waals surface area (Å²) >= 11 is 0. The molecule has 0 unspecified atom stereocenters. The predicted molar refractivity (Wildman–Crippen MR) is 64.6 cm³/mol. The molecule has 1 rings (SSSR count). The Morgan fingerprint density at radius 1 is 1.53 bits per heavy atom. The van der Waals surface area contributed by atoms with Gasteiger partial charge in [0.05, 0.1) is 0 Å². The molecular weight excluding hydrogens is 184 g/mol. The van der Waals surface area contributed by atoms with E-state index in [0.29, 0.717) is 5.92 Å². The highest BCUT2D eigenvalue weighted by atomic mass is 16.1. The SMILES string of the molecule is C=C1CC[C@@H](C)[C@@H](C(=O)C=CC)C1(C)C. The van der Waals surface area contributed by atoms with Crippen LogP contribution in [0.2, 0.25) is 0 Å². The van der Waals surface area contributed by atoms with E-state index in [1.807, 2.05) is 13.0 Å². The van der Waals surface area contributed by atoms with Gasteiger partial charge in [0.1, 0.15) is 0 Å². The van der Waals surface area contributed by atoms with Gasteiger partial charge in [-0.05, 0) is 37.2 Å². The lowest BCUT2D eigenvalue weighted by Gasteiger charge is -2.43. The smallest absolute Gasteiger partial charge is 0.159 e. The summed E-state index contributed by atoms with van der Waals surface area (Å²) in [6, 6.07) is 0. The molecule has 1 fully saturated rings. The molecular formula is C14H22O. The van der Waals surface area contributed by atoms with Crippen LogP contribution in [0.25, 0.3) is 0 Å². The molecule has 1 saturated carbocycles. The van der Waals surface area contributed by atoms with Gasteiger partial charge in [-0.2, -0.15) is 0 Å². The lowest BCUT2D eigenvalue weighted by Crippen LogP contribution is -2.39. The van der Waals surface area contributed by atoms with Crippen LogP contribution in [0.4, 0.5) is 0 Å². The van der Waals surface area contributed by atoms with E-state index in [0.717, 1.165) is 12.8 Å². The first-order valence-electron chi connectivity index (χ1n) is 5.76. The summed E-state index contributed by atoms with van der Waals surface area (Å²) in [6.07, 6.45) is 5.70. The molecule has 1 nitrogen and oxygen atoms in total. The molecule has 84 valence electrons. The van der Waals surface area contributed by atoms with Gasteiger partial charge in [-0.15, -0.1) is 0 Å². The van der Waals surface area contributed by atoms with E-state index in [1.165, 1.54) is 5.57 Å². The third-order valence-corrected chi connectivity index (χ3v) is 3.80. The lowest BCUT2D eigenvalue weighted by molar-refractivity contribution is -0.123. The molecule has 0 spiro atoms. The maximum atomic E-state index is 12.0. The van der Waals surface area contributed by atoms with E-state index in [2.05, 4.69) is 27.4 Å². The minimum absolute atomic E-state index is 0.0474. The minimum Gasteiger partial charge on any atom is -0.295 e. The standard InChI is InChI=1S/C14H22O/c1-6-7-12(15)13-10(2)8-9-11(3)14(13,4)5/h6-7,10,13H,3,8-9H2,1-2,4-5H3/t10-,13+/m1/s1. The second-order valence-electron chi connectivity index (χ2n) is 5.22. The first-order valence-corrected chi connectivity index (χ1v) is 5.76. The van der Waals surface area contributed by atoms with Crippen molar-refractivity contribution in [2.75, 3.05) is 0 Å². The fourth-order valence-electron chi connectivity index (χ4n) is 2.73. The van der Waals surface area contributed by atoms with Crippen LogP contribution in [0.5, 0.6) is 0 Å². The van der Waals surface area contributed by atoms with Crippen LogP contribution in [-0.4, -0.2) is 5.78 Å². The Morgan fingerprint density at radius 3 is 2.67 bits per heavy atom. The molecule has 0 aromatic rings. The molecule has 0 bridgehead atoms. The third-order valence-electron chi connectivity index (χ3n) is 3.80. The number of hydrogen-bond donors (Lipinski definition) is 0. The number of carbonyl (C=O) groups is 1. The number of carbonyl (C=O) groups excluding carboxylic acids is 1. The number of hydrogen-bond acceptors (Lipinski definition) is 1. The highest BCUT2D eigenvalue weighted by Crippen LogP contribution is 2.47. The highest BCUT2D eigenvalue weighted by molar-refractivity contribution is 5.92. The normalized spacial score (nSPS) is 30.8. The van der Waals surface area contributed by atoms with Crippen molar-refractivity contribution in [3.05, 3.63) is 24.3 Å². The molecule has 1 aliphatic rings. The molecule has 0 radical (unpaired) electrons. The molecule has 0 aromatic heterocycles. The van der Waals surface area contributed by atoms with Gasteiger partial charge in [-0.3, -0.25) is 4.79 Å². The second-order valence-corrected chi connectivity index (χ2v) is 5.22. The van der Waals surface area contributed by atoms with Crippen LogP contribution in [0.3, 0.4) is 0 Å². The third kappa shape index (κ3) is 2.22. The van der Waals surface area contributed by atoms with Crippen LogP contribution in [0, 0.1) is 17.3 Å². The zero-order chi connectivity index (χ0) is 11.6.